The summed E-state index contributed by atoms with van der Waals surface area (Å²) in [5, 5.41) is 7.12. The first-order valence-corrected chi connectivity index (χ1v) is 6.69. The smallest absolute Gasteiger partial charge is 0.273 e. The Morgan fingerprint density at radius 2 is 2.17 bits per heavy atom. The molecular formula is C11H12N4O2S. The normalized spacial score (nSPS) is 18.0. The van der Waals surface area contributed by atoms with Gasteiger partial charge < -0.3 is 0 Å². The van der Waals surface area contributed by atoms with Gasteiger partial charge in [0, 0.05) is 17.7 Å². The van der Waals surface area contributed by atoms with Crippen LogP contribution in [-0.4, -0.2) is 22.5 Å². The highest BCUT2D eigenvalue weighted by Gasteiger charge is 2.21. The summed E-state index contributed by atoms with van der Waals surface area (Å²) in [7, 11) is 0. The van der Waals surface area contributed by atoms with Gasteiger partial charge in [-0.25, -0.2) is 10.4 Å². The lowest BCUT2D eigenvalue weighted by Crippen LogP contribution is -2.32. The number of hydrogen-bond acceptors (Lipinski definition) is 5. The Kier molecular flexibility index (Phi) is 2.83. The van der Waals surface area contributed by atoms with Gasteiger partial charge in [0.05, 0.1) is 5.69 Å². The Morgan fingerprint density at radius 1 is 1.28 bits per heavy atom. The number of carbonyl (C=O) groups excluding carboxylic acids is 2. The highest BCUT2D eigenvalue weighted by atomic mass is 32.1. The molecule has 0 atom stereocenters. The summed E-state index contributed by atoms with van der Waals surface area (Å²) < 4.78 is 0. The fraction of sp³-hybridized carbons (Fsp3) is 0.455. The van der Waals surface area contributed by atoms with E-state index in [0.717, 1.165) is 25.0 Å². The van der Waals surface area contributed by atoms with E-state index in [4.69, 9.17) is 0 Å². The van der Waals surface area contributed by atoms with Crippen molar-refractivity contribution in [2.24, 2.45) is 5.10 Å². The summed E-state index contributed by atoms with van der Waals surface area (Å²) >= 11 is 1.53. The van der Waals surface area contributed by atoms with E-state index in [1.807, 2.05) is 0 Å². The summed E-state index contributed by atoms with van der Waals surface area (Å²) in [6, 6.07) is 0. The molecule has 0 saturated heterocycles. The van der Waals surface area contributed by atoms with Gasteiger partial charge in [-0.05, 0) is 19.3 Å². The Morgan fingerprint density at radius 3 is 2.89 bits per heavy atom. The minimum atomic E-state index is -0.276. The van der Waals surface area contributed by atoms with Crippen molar-refractivity contribution < 1.29 is 9.59 Å². The zero-order chi connectivity index (χ0) is 12.5. The van der Waals surface area contributed by atoms with Crippen molar-refractivity contribution in [3.63, 3.8) is 0 Å². The molecule has 2 aliphatic rings. The molecule has 0 bridgehead atoms. The molecule has 3 rings (SSSR count). The van der Waals surface area contributed by atoms with E-state index in [-0.39, 0.29) is 11.8 Å². The molecule has 18 heavy (non-hydrogen) atoms. The van der Waals surface area contributed by atoms with Crippen LogP contribution in [0, 0.1) is 0 Å². The van der Waals surface area contributed by atoms with Gasteiger partial charge in [0.25, 0.3) is 5.91 Å². The maximum absolute atomic E-state index is 11.9. The second-order valence-electron chi connectivity index (χ2n) is 4.29. The van der Waals surface area contributed by atoms with Crippen LogP contribution in [0.3, 0.4) is 0 Å². The van der Waals surface area contributed by atoms with E-state index in [1.54, 1.807) is 0 Å². The fourth-order valence-electron chi connectivity index (χ4n) is 2.05. The van der Waals surface area contributed by atoms with Crippen molar-refractivity contribution in [1.29, 1.82) is 0 Å². The van der Waals surface area contributed by atoms with Crippen molar-refractivity contribution in [2.45, 2.75) is 32.1 Å². The molecule has 0 aromatic carbocycles. The van der Waals surface area contributed by atoms with Crippen molar-refractivity contribution in [3.8, 4) is 0 Å². The molecule has 0 saturated carbocycles. The van der Waals surface area contributed by atoms with Crippen LogP contribution in [0.5, 0.6) is 0 Å². The molecule has 2 N–H and O–H groups in total. The number of aryl methyl sites for hydroxylation is 2. The lowest BCUT2D eigenvalue weighted by atomic mass is 10.2. The summed E-state index contributed by atoms with van der Waals surface area (Å²) in [5.74, 6) is -0.429. The molecule has 1 aromatic rings. The molecule has 0 spiro atoms. The summed E-state index contributed by atoms with van der Waals surface area (Å²) in [5.41, 5.74) is 3.77. The molecule has 1 aliphatic heterocycles. The van der Waals surface area contributed by atoms with E-state index in [9.17, 15) is 9.59 Å². The predicted molar refractivity (Wildman–Crippen MR) is 67.6 cm³/mol. The first-order valence-electron chi connectivity index (χ1n) is 5.88. The maximum Gasteiger partial charge on any atom is 0.273 e. The van der Waals surface area contributed by atoms with E-state index in [1.165, 1.54) is 16.2 Å². The highest BCUT2D eigenvalue weighted by molar-refractivity contribution is 7.16. The van der Waals surface area contributed by atoms with Crippen molar-refractivity contribution >= 4 is 34.0 Å². The van der Waals surface area contributed by atoms with Crippen LogP contribution in [-0.2, 0) is 22.4 Å². The second-order valence-corrected chi connectivity index (χ2v) is 5.37. The Balaban J connectivity index is 1.68. The molecule has 94 valence electrons. The molecule has 2 amide bonds. The zero-order valence-electron chi connectivity index (χ0n) is 9.65. The lowest BCUT2D eigenvalue weighted by Gasteiger charge is -2.10. The van der Waals surface area contributed by atoms with Gasteiger partial charge in [-0.1, -0.05) is 0 Å². The van der Waals surface area contributed by atoms with Crippen LogP contribution in [0.2, 0.25) is 0 Å². The van der Waals surface area contributed by atoms with E-state index in [0.29, 0.717) is 23.7 Å². The third-order valence-corrected chi connectivity index (χ3v) is 4.06. The molecule has 0 radical (unpaired) electrons. The van der Waals surface area contributed by atoms with Crippen LogP contribution >= 0.6 is 11.3 Å². The van der Waals surface area contributed by atoms with Crippen LogP contribution < -0.4 is 10.7 Å². The largest absolute Gasteiger partial charge is 0.297 e. The topological polar surface area (TPSA) is 83.5 Å². The van der Waals surface area contributed by atoms with Crippen molar-refractivity contribution in [2.75, 3.05) is 5.32 Å². The average Bonchev–Trinajstić information content (AvgIpc) is 2.90. The Hall–Kier alpha value is -1.76. The maximum atomic E-state index is 11.9. The third kappa shape index (κ3) is 2.13. The van der Waals surface area contributed by atoms with E-state index >= 15 is 0 Å². The average molecular weight is 264 g/mol. The number of hydrazone groups is 1. The number of carbonyl (C=O) groups is 2. The number of nitrogens with zero attached hydrogens (tertiary/aromatic N) is 2. The lowest BCUT2D eigenvalue weighted by molar-refractivity contribution is -0.121. The summed E-state index contributed by atoms with van der Waals surface area (Å²) in [6.45, 7) is 0. The van der Waals surface area contributed by atoms with Gasteiger partial charge >= 0.3 is 0 Å². The molecule has 2 heterocycles. The predicted octanol–water partition coefficient (Wildman–Crippen LogP) is 0.836. The number of aromatic nitrogens is 1. The van der Waals surface area contributed by atoms with Gasteiger partial charge in [-0.2, -0.15) is 5.10 Å². The molecule has 6 nitrogen and oxygen atoms in total. The molecule has 1 aliphatic carbocycles. The minimum Gasteiger partial charge on any atom is -0.297 e. The molecule has 1 aromatic heterocycles. The summed E-state index contributed by atoms with van der Waals surface area (Å²) in [4.78, 5) is 28.5. The second kappa shape index (κ2) is 4.49. The SMILES string of the molecule is O=C1CCC(C(=O)Nc2nc3c(s2)CCC3)=NN1. The number of hydrogen-bond donors (Lipinski definition) is 2. The Bertz CT molecular complexity index is 528. The number of rotatable bonds is 2. The summed E-state index contributed by atoms with van der Waals surface area (Å²) in [6.07, 6.45) is 3.89. The standard InChI is InChI=1S/C11H12N4O2S/c16-9-5-4-7(14-15-9)10(17)13-11-12-6-2-1-3-8(6)18-11/h1-5H2,(H,15,16)(H,12,13,17). The van der Waals surface area contributed by atoms with Gasteiger partial charge in [0.15, 0.2) is 5.13 Å². The van der Waals surface area contributed by atoms with Crippen LogP contribution in [0.4, 0.5) is 5.13 Å². The van der Waals surface area contributed by atoms with Gasteiger partial charge in [-0.15, -0.1) is 11.3 Å². The van der Waals surface area contributed by atoms with Crippen molar-refractivity contribution in [1.82, 2.24) is 10.4 Å². The van der Waals surface area contributed by atoms with E-state index < -0.39 is 0 Å². The highest BCUT2D eigenvalue weighted by Crippen LogP contribution is 2.30. The number of amides is 2. The first-order chi connectivity index (χ1) is 8.72. The van der Waals surface area contributed by atoms with Gasteiger partial charge in [0.1, 0.15) is 5.71 Å². The molecule has 7 heteroatoms. The first kappa shape index (κ1) is 11.3. The Labute approximate surface area is 107 Å². The van der Waals surface area contributed by atoms with Gasteiger partial charge in [0.2, 0.25) is 5.91 Å². The fourth-order valence-corrected chi connectivity index (χ4v) is 3.10. The zero-order valence-corrected chi connectivity index (χ0v) is 10.5. The number of thiazole rings is 1. The number of nitrogens with one attached hydrogen (secondary N) is 2. The molecule has 0 unspecified atom stereocenters. The van der Waals surface area contributed by atoms with Crippen LogP contribution in [0.15, 0.2) is 5.10 Å². The van der Waals surface area contributed by atoms with Crippen LogP contribution in [0.25, 0.3) is 0 Å². The molecular weight excluding hydrogens is 252 g/mol. The van der Waals surface area contributed by atoms with Crippen molar-refractivity contribution in [3.05, 3.63) is 10.6 Å². The number of anilines is 1. The quantitative estimate of drug-likeness (QED) is 0.830. The third-order valence-electron chi connectivity index (χ3n) is 2.98. The van der Waals surface area contributed by atoms with Gasteiger partial charge in [-0.3, -0.25) is 14.9 Å². The minimum absolute atomic E-state index is 0.153. The van der Waals surface area contributed by atoms with E-state index in [2.05, 4.69) is 20.8 Å². The van der Waals surface area contributed by atoms with Crippen LogP contribution in [0.1, 0.15) is 29.8 Å². The number of fused-ring (bicyclic) bond motifs is 1. The molecule has 0 fully saturated rings. The monoisotopic (exact) mass is 264 g/mol.